The molecular weight excluding hydrogens is 356 g/mol. The molecular formula is C22H26N2O4. The van der Waals surface area contributed by atoms with Crippen LogP contribution >= 0.6 is 0 Å². The van der Waals surface area contributed by atoms with Crippen molar-refractivity contribution >= 4 is 23.6 Å². The number of anilines is 1. The average Bonchev–Trinajstić information content (AvgIpc) is 2.69. The molecule has 6 nitrogen and oxygen atoms in total. The van der Waals surface area contributed by atoms with Gasteiger partial charge in [-0.25, -0.2) is 0 Å². The van der Waals surface area contributed by atoms with E-state index in [9.17, 15) is 9.59 Å². The molecule has 28 heavy (non-hydrogen) atoms. The summed E-state index contributed by atoms with van der Waals surface area (Å²) >= 11 is 0. The zero-order valence-electron chi connectivity index (χ0n) is 16.5. The van der Waals surface area contributed by atoms with E-state index >= 15 is 0 Å². The molecule has 0 radical (unpaired) electrons. The van der Waals surface area contributed by atoms with Crippen LogP contribution in [0.5, 0.6) is 11.5 Å². The second-order valence-corrected chi connectivity index (χ2v) is 5.83. The smallest absolute Gasteiger partial charge is 0.251 e. The Morgan fingerprint density at radius 3 is 2.25 bits per heavy atom. The molecule has 2 amide bonds. The molecule has 0 fully saturated rings. The molecule has 0 aliphatic rings. The van der Waals surface area contributed by atoms with Crippen LogP contribution in [0.3, 0.4) is 0 Å². The van der Waals surface area contributed by atoms with Crippen LogP contribution in [0.4, 0.5) is 5.69 Å². The zero-order chi connectivity index (χ0) is 20.4. The van der Waals surface area contributed by atoms with Gasteiger partial charge in [0, 0.05) is 23.9 Å². The van der Waals surface area contributed by atoms with Gasteiger partial charge in [0.15, 0.2) is 11.5 Å². The van der Waals surface area contributed by atoms with Gasteiger partial charge >= 0.3 is 0 Å². The molecule has 0 spiro atoms. The number of hydrogen-bond donors (Lipinski definition) is 2. The molecule has 6 heteroatoms. The maximum Gasteiger partial charge on any atom is 0.251 e. The van der Waals surface area contributed by atoms with Crippen LogP contribution in [0.15, 0.2) is 48.5 Å². The topological polar surface area (TPSA) is 76.7 Å². The van der Waals surface area contributed by atoms with Crippen molar-refractivity contribution in [3.05, 3.63) is 59.7 Å². The van der Waals surface area contributed by atoms with Crippen molar-refractivity contribution < 1.29 is 19.1 Å². The van der Waals surface area contributed by atoms with E-state index in [1.54, 1.807) is 30.3 Å². The summed E-state index contributed by atoms with van der Waals surface area (Å²) in [5.41, 5.74) is 1.99. The van der Waals surface area contributed by atoms with Gasteiger partial charge in [-0.15, -0.1) is 0 Å². The van der Waals surface area contributed by atoms with Crippen LogP contribution in [-0.4, -0.2) is 31.6 Å². The number of benzene rings is 2. The minimum atomic E-state index is -0.266. The summed E-state index contributed by atoms with van der Waals surface area (Å²) in [6, 6.07) is 12.3. The summed E-state index contributed by atoms with van der Waals surface area (Å²) < 4.78 is 11.1. The Morgan fingerprint density at radius 1 is 0.929 bits per heavy atom. The third-order valence-electron chi connectivity index (χ3n) is 3.75. The van der Waals surface area contributed by atoms with Gasteiger partial charge in [-0.2, -0.15) is 0 Å². The number of hydrogen-bond acceptors (Lipinski definition) is 4. The van der Waals surface area contributed by atoms with Crippen LogP contribution in [0.2, 0.25) is 0 Å². The lowest BCUT2D eigenvalue weighted by molar-refractivity contribution is -0.111. The van der Waals surface area contributed by atoms with Crippen molar-refractivity contribution in [3.8, 4) is 11.5 Å². The number of rotatable bonds is 9. The number of carbonyl (C=O) groups excluding carboxylic acids is 2. The van der Waals surface area contributed by atoms with E-state index in [-0.39, 0.29) is 11.8 Å². The molecule has 2 N–H and O–H groups in total. The summed E-state index contributed by atoms with van der Waals surface area (Å²) in [6.07, 6.45) is 3.15. The molecule has 0 aliphatic heterocycles. The number of carbonyl (C=O) groups is 2. The van der Waals surface area contributed by atoms with E-state index in [0.717, 1.165) is 5.56 Å². The summed E-state index contributed by atoms with van der Waals surface area (Å²) in [5, 5.41) is 5.50. The van der Waals surface area contributed by atoms with Gasteiger partial charge in [0.2, 0.25) is 5.91 Å². The summed E-state index contributed by atoms with van der Waals surface area (Å²) in [6.45, 7) is 7.33. The number of ether oxygens (including phenoxy) is 2. The molecule has 0 aliphatic carbocycles. The van der Waals surface area contributed by atoms with Crippen LogP contribution in [0, 0.1) is 0 Å². The predicted octanol–water partition coefficient (Wildman–Crippen LogP) is 3.89. The van der Waals surface area contributed by atoms with Gasteiger partial charge in [0.1, 0.15) is 0 Å². The van der Waals surface area contributed by atoms with E-state index in [0.29, 0.717) is 42.5 Å². The lowest BCUT2D eigenvalue weighted by atomic mass is 10.1. The fourth-order valence-corrected chi connectivity index (χ4v) is 2.49. The van der Waals surface area contributed by atoms with Gasteiger partial charge in [-0.05, 0) is 68.8 Å². The van der Waals surface area contributed by atoms with Gasteiger partial charge in [0.25, 0.3) is 5.91 Å². The monoisotopic (exact) mass is 382 g/mol. The Balaban J connectivity index is 2.01. The van der Waals surface area contributed by atoms with Crippen LogP contribution in [-0.2, 0) is 4.79 Å². The zero-order valence-corrected chi connectivity index (χ0v) is 16.5. The third-order valence-corrected chi connectivity index (χ3v) is 3.75. The first kappa shape index (κ1) is 21.0. The van der Waals surface area contributed by atoms with Crippen molar-refractivity contribution in [2.45, 2.75) is 20.8 Å². The molecule has 0 aromatic heterocycles. The Kier molecular flexibility index (Phi) is 8.09. The molecule has 148 valence electrons. The minimum absolute atomic E-state index is 0.138. The molecule has 0 saturated carbocycles. The normalized spacial score (nSPS) is 10.5. The van der Waals surface area contributed by atoms with E-state index in [1.807, 2.05) is 39.0 Å². The van der Waals surface area contributed by atoms with Crippen molar-refractivity contribution in [1.29, 1.82) is 0 Å². The van der Waals surface area contributed by atoms with E-state index in [1.165, 1.54) is 6.08 Å². The van der Waals surface area contributed by atoms with Crippen LogP contribution in [0.1, 0.15) is 36.7 Å². The Hall–Kier alpha value is -3.28. The van der Waals surface area contributed by atoms with E-state index in [2.05, 4.69) is 10.6 Å². The molecule has 0 unspecified atom stereocenters. The van der Waals surface area contributed by atoms with Gasteiger partial charge < -0.3 is 20.1 Å². The van der Waals surface area contributed by atoms with Crippen molar-refractivity contribution in [2.75, 3.05) is 25.1 Å². The standard InChI is InChI=1S/C22H26N2O4/c1-4-23-22(26)17-9-11-18(12-10-17)24-21(25)14-8-16-7-13-19(27-5-2)20(15-16)28-6-3/h7-15H,4-6H2,1-3H3,(H,23,26)(H,24,25)/b14-8+. The van der Waals surface area contributed by atoms with Crippen molar-refractivity contribution in [2.24, 2.45) is 0 Å². The van der Waals surface area contributed by atoms with Crippen LogP contribution in [0.25, 0.3) is 6.08 Å². The highest BCUT2D eigenvalue weighted by molar-refractivity contribution is 6.02. The molecule has 2 aromatic rings. The number of nitrogens with one attached hydrogen (secondary N) is 2. The highest BCUT2D eigenvalue weighted by Gasteiger charge is 2.06. The molecule has 2 rings (SSSR count). The lowest BCUT2D eigenvalue weighted by Gasteiger charge is -2.11. The molecule has 0 heterocycles. The summed E-state index contributed by atoms with van der Waals surface area (Å²) in [7, 11) is 0. The third kappa shape index (κ3) is 6.16. The molecule has 2 aromatic carbocycles. The fraction of sp³-hybridized carbons (Fsp3) is 0.273. The highest BCUT2D eigenvalue weighted by Crippen LogP contribution is 2.29. The van der Waals surface area contributed by atoms with Crippen molar-refractivity contribution in [3.63, 3.8) is 0 Å². The first-order valence-corrected chi connectivity index (χ1v) is 9.34. The van der Waals surface area contributed by atoms with Gasteiger partial charge in [-0.1, -0.05) is 6.07 Å². The molecule has 0 saturated heterocycles. The van der Waals surface area contributed by atoms with Crippen LogP contribution < -0.4 is 20.1 Å². The first-order chi connectivity index (χ1) is 13.6. The Bertz CT molecular complexity index is 829. The quantitative estimate of drug-likeness (QED) is 0.645. The maximum atomic E-state index is 12.2. The SMILES string of the molecule is CCNC(=O)c1ccc(NC(=O)/C=C/c2ccc(OCC)c(OCC)c2)cc1. The summed E-state index contributed by atoms with van der Waals surface area (Å²) in [4.78, 5) is 23.9. The maximum absolute atomic E-state index is 12.2. The highest BCUT2D eigenvalue weighted by atomic mass is 16.5. The molecule has 0 atom stereocenters. The average molecular weight is 382 g/mol. The lowest BCUT2D eigenvalue weighted by Crippen LogP contribution is -2.22. The minimum Gasteiger partial charge on any atom is -0.490 e. The predicted molar refractivity (Wildman–Crippen MR) is 111 cm³/mol. The van der Waals surface area contributed by atoms with Gasteiger partial charge in [0.05, 0.1) is 13.2 Å². The largest absolute Gasteiger partial charge is 0.490 e. The second-order valence-electron chi connectivity index (χ2n) is 5.83. The second kappa shape index (κ2) is 10.8. The number of amides is 2. The first-order valence-electron chi connectivity index (χ1n) is 9.34. The van der Waals surface area contributed by atoms with Crippen molar-refractivity contribution in [1.82, 2.24) is 5.32 Å². The van der Waals surface area contributed by atoms with Gasteiger partial charge in [-0.3, -0.25) is 9.59 Å². The summed E-state index contributed by atoms with van der Waals surface area (Å²) in [5.74, 6) is 0.921. The fourth-order valence-electron chi connectivity index (χ4n) is 2.49. The Labute approximate surface area is 165 Å². The van der Waals surface area contributed by atoms with E-state index < -0.39 is 0 Å². The van der Waals surface area contributed by atoms with E-state index in [4.69, 9.17) is 9.47 Å². The Morgan fingerprint density at radius 2 is 1.61 bits per heavy atom. The molecule has 0 bridgehead atoms.